The molecule has 0 saturated heterocycles. The van der Waals surface area contributed by atoms with Crippen molar-refractivity contribution in [3.05, 3.63) is 0 Å². The van der Waals surface area contributed by atoms with Crippen molar-refractivity contribution >= 4 is 22.4 Å². The Bertz CT molecular complexity index is 308. The summed E-state index contributed by atoms with van der Waals surface area (Å²) in [5.41, 5.74) is 5.35. The first-order valence-electron chi connectivity index (χ1n) is 5.31. The van der Waals surface area contributed by atoms with E-state index in [0.717, 1.165) is 38.5 Å². The minimum Gasteiger partial charge on any atom is -0.329 e. The van der Waals surface area contributed by atoms with Gasteiger partial charge in [0.25, 0.3) is 0 Å². The van der Waals surface area contributed by atoms with E-state index in [9.17, 15) is 8.42 Å². The summed E-state index contributed by atoms with van der Waals surface area (Å²) < 4.78 is 26.3. The van der Waals surface area contributed by atoms with E-state index in [1.54, 1.807) is 0 Å². The first kappa shape index (κ1) is 13.2. The van der Waals surface area contributed by atoms with Crippen LogP contribution in [0, 0.1) is 0 Å². The Hall–Kier alpha value is 0.160. The Labute approximate surface area is 97.5 Å². The highest BCUT2D eigenvalue weighted by atomic mass is 35.5. The maximum atomic E-state index is 11.7. The van der Waals surface area contributed by atoms with E-state index >= 15 is 0 Å². The minimum atomic E-state index is -3.07. The molecular weight excluding hydrogens is 236 g/mol. The third-order valence-electron chi connectivity index (χ3n) is 3.27. The molecule has 0 spiro atoms. The number of nitrogens with one attached hydrogen (secondary N) is 1. The van der Waals surface area contributed by atoms with Crippen molar-refractivity contribution in [3.63, 3.8) is 0 Å². The van der Waals surface area contributed by atoms with Gasteiger partial charge >= 0.3 is 0 Å². The highest BCUT2D eigenvalue weighted by Gasteiger charge is 2.42. The summed E-state index contributed by atoms with van der Waals surface area (Å²) in [5.74, 6) is 0. The molecule has 0 atom stereocenters. The zero-order valence-corrected chi connectivity index (χ0v) is 10.4. The van der Waals surface area contributed by atoms with Gasteiger partial charge < -0.3 is 5.73 Å². The van der Waals surface area contributed by atoms with Crippen LogP contribution in [-0.2, 0) is 10.0 Å². The summed E-state index contributed by atoms with van der Waals surface area (Å²) in [4.78, 5) is 0. The number of hydrogen-bond donors (Lipinski definition) is 2. The lowest BCUT2D eigenvalue weighted by Gasteiger charge is -2.28. The van der Waals surface area contributed by atoms with Crippen LogP contribution in [0.5, 0.6) is 0 Å². The number of hydrogen-bond acceptors (Lipinski definition) is 3. The minimum absolute atomic E-state index is 0. The summed E-state index contributed by atoms with van der Waals surface area (Å²) in [5, 5.41) is -0.133. The first-order chi connectivity index (χ1) is 6.58. The van der Waals surface area contributed by atoms with Crippen LogP contribution in [0.3, 0.4) is 0 Å². The zero-order chi connectivity index (χ0) is 10.2. The Balaban J connectivity index is 0.00000112. The van der Waals surface area contributed by atoms with Crippen molar-refractivity contribution in [1.82, 2.24) is 4.72 Å². The van der Waals surface area contributed by atoms with Crippen LogP contribution in [0.4, 0.5) is 0 Å². The number of sulfonamides is 1. The second kappa shape index (κ2) is 4.57. The Morgan fingerprint density at radius 1 is 1.27 bits per heavy atom. The molecule has 2 aliphatic rings. The second-order valence-electron chi connectivity index (χ2n) is 4.54. The topological polar surface area (TPSA) is 72.2 Å². The van der Waals surface area contributed by atoms with E-state index in [1.165, 1.54) is 0 Å². The molecule has 0 bridgehead atoms. The molecule has 0 aromatic heterocycles. The third-order valence-corrected chi connectivity index (χ3v) is 5.34. The summed E-state index contributed by atoms with van der Waals surface area (Å²) >= 11 is 0. The molecule has 0 aromatic carbocycles. The SMILES string of the molecule is Cl.NCC1(NS(=O)(=O)C2CC2)CCCC1. The van der Waals surface area contributed by atoms with E-state index in [-0.39, 0.29) is 23.2 Å². The largest absolute Gasteiger partial charge is 0.329 e. The van der Waals surface area contributed by atoms with Gasteiger partial charge in [-0.15, -0.1) is 12.4 Å². The molecule has 0 unspecified atom stereocenters. The highest BCUT2D eigenvalue weighted by molar-refractivity contribution is 7.90. The van der Waals surface area contributed by atoms with E-state index in [4.69, 9.17) is 5.73 Å². The Morgan fingerprint density at radius 3 is 2.20 bits per heavy atom. The molecule has 2 fully saturated rings. The van der Waals surface area contributed by atoms with Crippen LogP contribution in [0.15, 0.2) is 0 Å². The summed E-state index contributed by atoms with van der Waals surface area (Å²) in [6.07, 6.45) is 5.60. The van der Waals surface area contributed by atoms with Crippen LogP contribution in [0.25, 0.3) is 0 Å². The van der Waals surface area contributed by atoms with Crippen molar-refractivity contribution in [2.24, 2.45) is 5.73 Å². The predicted molar refractivity (Wildman–Crippen MR) is 62.6 cm³/mol. The average Bonchev–Trinajstić information content (AvgIpc) is 2.90. The third kappa shape index (κ3) is 2.84. The molecule has 3 N–H and O–H groups in total. The summed E-state index contributed by atoms with van der Waals surface area (Å²) in [6, 6.07) is 0. The molecule has 0 radical (unpaired) electrons. The van der Waals surface area contributed by atoms with Crippen LogP contribution in [0.1, 0.15) is 38.5 Å². The lowest BCUT2D eigenvalue weighted by atomic mass is 10.0. The molecule has 15 heavy (non-hydrogen) atoms. The van der Waals surface area contributed by atoms with Gasteiger partial charge in [-0.2, -0.15) is 0 Å². The van der Waals surface area contributed by atoms with Gasteiger partial charge in [-0.1, -0.05) is 12.8 Å². The van der Waals surface area contributed by atoms with Gasteiger partial charge in [0.15, 0.2) is 0 Å². The molecule has 0 heterocycles. The molecule has 0 amide bonds. The van der Waals surface area contributed by atoms with Crippen molar-refractivity contribution in [2.75, 3.05) is 6.54 Å². The molecular formula is C9H19ClN2O2S. The standard InChI is InChI=1S/C9H18N2O2S.ClH/c10-7-9(5-1-2-6-9)11-14(12,13)8-3-4-8;/h8,11H,1-7,10H2;1H. The fourth-order valence-electron chi connectivity index (χ4n) is 2.16. The van der Waals surface area contributed by atoms with Gasteiger partial charge in [0.1, 0.15) is 0 Å². The van der Waals surface area contributed by atoms with Crippen molar-refractivity contribution in [1.29, 1.82) is 0 Å². The number of nitrogens with two attached hydrogens (primary N) is 1. The van der Waals surface area contributed by atoms with Crippen LogP contribution in [0.2, 0.25) is 0 Å². The van der Waals surface area contributed by atoms with E-state index in [0.29, 0.717) is 6.54 Å². The fourth-order valence-corrected chi connectivity index (χ4v) is 3.98. The highest BCUT2D eigenvalue weighted by Crippen LogP contribution is 2.33. The second-order valence-corrected chi connectivity index (χ2v) is 6.50. The monoisotopic (exact) mass is 254 g/mol. The lowest BCUT2D eigenvalue weighted by Crippen LogP contribution is -2.52. The van der Waals surface area contributed by atoms with Crippen molar-refractivity contribution in [3.8, 4) is 0 Å². The fraction of sp³-hybridized carbons (Fsp3) is 1.00. The Kier molecular flexibility index (Phi) is 4.03. The van der Waals surface area contributed by atoms with Gasteiger partial charge in [-0.3, -0.25) is 0 Å². The molecule has 0 aromatic rings. The van der Waals surface area contributed by atoms with Crippen LogP contribution < -0.4 is 10.5 Å². The van der Waals surface area contributed by atoms with Crippen LogP contribution in [-0.4, -0.2) is 25.8 Å². The number of rotatable bonds is 4. The predicted octanol–water partition coefficient (Wildman–Crippen LogP) is 0.761. The molecule has 2 saturated carbocycles. The van der Waals surface area contributed by atoms with Crippen molar-refractivity contribution in [2.45, 2.75) is 49.3 Å². The van der Waals surface area contributed by atoms with Crippen molar-refractivity contribution < 1.29 is 8.42 Å². The maximum Gasteiger partial charge on any atom is 0.215 e. The first-order valence-corrected chi connectivity index (χ1v) is 6.85. The van der Waals surface area contributed by atoms with E-state index in [1.807, 2.05) is 0 Å². The average molecular weight is 255 g/mol. The molecule has 2 rings (SSSR count). The normalized spacial score (nSPS) is 24.9. The van der Waals surface area contributed by atoms with Gasteiger partial charge in [0.2, 0.25) is 10.0 Å². The molecule has 4 nitrogen and oxygen atoms in total. The van der Waals surface area contributed by atoms with Gasteiger partial charge in [0, 0.05) is 12.1 Å². The molecule has 6 heteroatoms. The van der Waals surface area contributed by atoms with Gasteiger partial charge in [0.05, 0.1) is 5.25 Å². The summed E-state index contributed by atoms with van der Waals surface area (Å²) in [7, 11) is -3.07. The molecule has 0 aliphatic heterocycles. The van der Waals surface area contributed by atoms with E-state index in [2.05, 4.69) is 4.72 Å². The maximum absolute atomic E-state index is 11.7. The summed E-state index contributed by atoms with van der Waals surface area (Å²) in [6.45, 7) is 0.430. The smallest absolute Gasteiger partial charge is 0.215 e. The van der Waals surface area contributed by atoms with E-state index < -0.39 is 10.0 Å². The van der Waals surface area contributed by atoms with Gasteiger partial charge in [-0.05, 0) is 25.7 Å². The van der Waals surface area contributed by atoms with Gasteiger partial charge in [-0.25, -0.2) is 13.1 Å². The quantitative estimate of drug-likeness (QED) is 0.778. The molecule has 90 valence electrons. The van der Waals surface area contributed by atoms with Crippen LogP contribution >= 0.6 is 12.4 Å². The Morgan fingerprint density at radius 2 is 1.80 bits per heavy atom. The molecule has 2 aliphatic carbocycles. The number of halogens is 1. The zero-order valence-electron chi connectivity index (χ0n) is 8.74. The lowest BCUT2D eigenvalue weighted by molar-refractivity contribution is 0.399.